The number of nitrogens with one attached hydrogen (secondary N) is 1. The Kier molecular flexibility index (Phi) is 4.26. The van der Waals surface area contributed by atoms with Crippen LogP contribution < -0.4 is 14.9 Å². The molecule has 4 rings (SSSR count). The summed E-state index contributed by atoms with van der Waals surface area (Å²) in [6.07, 6.45) is 0.559. The average molecular weight is 423 g/mol. The average Bonchev–Trinajstić information content (AvgIpc) is 3.15. The van der Waals surface area contributed by atoms with Crippen LogP contribution in [0.3, 0.4) is 0 Å². The van der Waals surface area contributed by atoms with E-state index in [4.69, 9.17) is 9.47 Å². The minimum Gasteiger partial charge on any atom is -0.480 e. The van der Waals surface area contributed by atoms with Crippen LogP contribution in [-0.4, -0.2) is 65.4 Å². The lowest BCUT2D eigenvalue weighted by atomic mass is 9.97. The number of nitrogens with zero attached hydrogens (tertiary/aromatic N) is 2. The minimum absolute atomic E-state index is 0.0625. The Morgan fingerprint density at radius 3 is 2.79 bits per heavy atom. The molecular formula is C17H17N3O8S. The SMILES string of the molecule is C[C@]1(/C=N/NC(=O)Cc2ccc3c(c2)OCO3)[C@H](C(=O)O)N2C(=O)C[C@H]2S1(=O)=O. The fourth-order valence-electron chi connectivity index (χ4n) is 3.71. The third-order valence-electron chi connectivity index (χ3n) is 5.29. The number of aliphatic carboxylic acids is 1. The summed E-state index contributed by atoms with van der Waals surface area (Å²) < 4.78 is 33.9. The molecule has 3 heterocycles. The van der Waals surface area contributed by atoms with Crippen LogP contribution in [0.5, 0.6) is 11.5 Å². The summed E-state index contributed by atoms with van der Waals surface area (Å²) in [5, 5.41) is 12.0. The smallest absolute Gasteiger partial charge is 0.328 e. The summed E-state index contributed by atoms with van der Waals surface area (Å²) in [6, 6.07) is 3.38. The molecule has 12 heteroatoms. The molecule has 0 radical (unpaired) electrons. The molecule has 0 aliphatic carbocycles. The summed E-state index contributed by atoms with van der Waals surface area (Å²) in [7, 11) is -4.03. The van der Waals surface area contributed by atoms with E-state index in [0.717, 1.165) is 11.1 Å². The van der Waals surface area contributed by atoms with Crippen molar-refractivity contribution in [1.82, 2.24) is 10.3 Å². The Morgan fingerprint density at radius 2 is 2.10 bits per heavy atom. The van der Waals surface area contributed by atoms with Gasteiger partial charge in [0.05, 0.1) is 12.8 Å². The Hall–Kier alpha value is -3.15. The molecule has 0 bridgehead atoms. The number of carbonyl (C=O) groups excluding carboxylic acids is 2. The molecule has 2 fully saturated rings. The van der Waals surface area contributed by atoms with Gasteiger partial charge in [-0.15, -0.1) is 0 Å². The van der Waals surface area contributed by atoms with Crippen molar-refractivity contribution in [1.29, 1.82) is 0 Å². The number of fused-ring (bicyclic) bond motifs is 2. The zero-order valence-electron chi connectivity index (χ0n) is 15.2. The lowest BCUT2D eigenvalue weighted by Crippen LogP contribution is -2.57. The van der Waals surface area contributed by atoms with Gasteiger partial charge in [-0.25, -0.2) is 18.6 Å². The Bertz CT molecular complexity index is 1050. The maximum absolute atomic E-state index is 12.7. The van der Waals surface area contributed by atoms with Gasteiger partial charge in [0.1, 0.15) is 10.1 Å². The summed E-state index contributed by atoms with van der Waals surface area (Å²) >= 11 is 0. The number of sulfone groups is 1. The number of β-lactam (4-membered cyclic amide) rings is 1. The Morgan fingerprint density at radius 1 is 1.38 bits per heavy atom. The van der Waals surface area contributed by atoms with Crippen molar-refractivity contribution in [3.05, 3.63) is 23.8 Å². The number of amides is 2. The van der Waals surface area contributed by atoms with E-state index < -0.39 is 43.8 Å². The second-order valence-corrected chi connectivity index (χ2v) is 9.60. The van der Waals surface area contributed by atoms with Crippen molar-refractivity contribution in [3.63, 3.8) is 0 Å². The molecule has 3 aliphatic heterocycles. The molecule has 2 saturated heterocycles. The number of carboxylic acid groups (broad SMARTS) is 1. The molecule has 0 spiro atoms. The van der Waals surface area contributed by atoms with Gasteiger partial charge >= 0.3 is 5.97 Å². The lowest BCUT2D eigenvalue weighted by molar-refractivity contribution is -0.156. The lowest BCUT2D eigenvalue weighted by Gasteiger charge is -2.35. The van der Waals surface area contributed by atoms with Crippen LogP contribution in [-0.2, 0) is 30.6 Å². The largest absolute Gasteiger partial charge is 0.480 e. The van der Waals surface area contributed by atoms with Gasteiger partial charge in [0.2, 0.25) is 18.6 Å². The molecule has 0 aromatic heterocycles. The highest BCUT2D eigenvalue weighted by Crippen LogP contribution is 2.45. The Labute approximate surface area is 165 Å². The summed E-state index contributed by atoms with van der Waals surface area (Å²) in [5.74, 6) is -1.45. The van der Waals surface area contributed by atoms with Crippen LogP contribution in [0.4, 0.5) is 0 Å². The van der Waals surface area contributed by atoms with E-state index in [1.54, 1.807) is 18.2 Å². The fraction of sp³-hybridized carbons (Fsp3) is 0.412. The van der Waals surface area contributed by atoms with Gasteiger partial charge in [0, 0.05) is 6.21 Å². The summed E-state index contributed by atoms with van der Waals surface area (Å²) in [5.41, 5.74) is 2.83. The van der Waals surface area contributed by atoms with Gasteiger partial charge in [-0.3, -0.25) is 9.59 Å². The van der Waals surface area contributed by atoms with Crippen molar-refractivity contribution in [2.75, 3.05) is 6.79 Å². The van der Waals surface area contributed by atoms with E-state index in [0.29, 0.717) is 17.1 Å². The maximum atomic E-state index is 12.7. The predicted molar refractivity (Wildman–Crippen MR) is 96.9 cm³/mol. The highest BCUT2D eigenvalue weighted by Gasteiger charge is 2.69. The van der Waals surface area contributed by atoms with E-state index in [1.807, 2.05) is 0 Å². The molecule has 154 valence electrons. The first-order valence-electron chi connectivity index (χ1n) is 8.64. The second-order valence-electron chi connectivity index (χ2n) is 7.09. The second kappa shape index (κ2) is 6.44. The van der Waals surface area contributed by atoms with E-state index >= 15 is 0 Å². The van der Waals surface area contributed by atoms with Crippen LogP contribution in [0.2, 0.25) is 0 Å². The monoisotopic (exact) mass is 423 g/mol. The molecule has 3 aliphatic rings. The van der Waals surface area contributed by atoms with Crippen LogP contribution in [0, 0.1) is 0 Å². The topological polar surface area (TPSA) is 152 Å². The molecule has 29 heavy (non-hydrogen) atoms. The molecule has 2 amide bonds. The van der Waals surface area contributed by atoms with Crippen molar-refractivity contribution in [2.24, 2.45) is 5.10 Å². The number of carboxylic acids is 1. The van der Waals surface area contributed by atoms with Crippen molar-refractivity contribution < 1.29 is 37.4 Å². The number of hydrogen-bond acceptors (Lipinski definition) is 8. The fourth-order valence-corrected chi connectivity index (χ4v) is 5.92. The molecule has 3 atom stereocenters. The van der Waals surface area contributed by atoms with Gasteiger partial charge < -0.3 is 19.5 Å². The Balaban J connectivity index is 1.48. The molecule has 1 aromatic carbocycles. The first-order chi connectivity index (χ1) is 13.6. The molecule has 2 N–H and O–H groups in total. The van der Waals surface area contributed by atoms with Crippen molar-refractivity contribution in [2.45, 2.75) is 35.9 Å². The zero-order valence-corrected chi connectivity index (χ0v) is 16.0. The van der Waals surface area contributed by atoms with Crippen LogP contribution >= 0.6 is 0 Å². The molecule has 0 saturated carbocycles. The summed E-state index contributed by atoms with van der Waals surface area (Å²) in [4.78, 5) is 36.4. The van der Waals surface area contributed by atoms with Crippen molar-refractivity contribution >= 4 is 33.8 Å². The number of hydrogen-bond donors (Lipinski definition) is 2. The first-order valence-corrected chi connectivity index (χ1v) is 10.2. The standard InChI is InChI=1S/C17H17N3O8S/c1-17(15(16(23)24)20-13(22)6-14(20)29(17,25)26)7-18-19-12(21)5-9-2-3-10-11(4-9)28-8-27-10/h2-4,7,14-15H,5-6,8H2,1H3,(H,19,21)(H,23,24)/b18-7+/t14-,15+,17+/m1/s1. The first kappa shape index (κ1) is 19.2. The van der Waals surface area contributed by atoms with Crippen molar-refractivity contribution in [3.8, 4) is 11.5 Å². The van der Waals surface area contributed by atoms with E-state index in [-0.39, 0.29) is 19.6 Å². The zero-order chi connectivity index (χ0) is 21.0. The van der Waals surface area contributed by atoms with E-state index in [2.05, 4.69) is 10.5 Å². The number of rotatable bonds is 5. The highest BCUT2D eigenvalue weighted by atomic mass is 32.2. The van der Waals surface area contributed by atoms with E-state index in [1.165, 1.54) is 6.92 Å². The van der Waals surface area contributed by atoms with Crippen LogP contribution in [0.1, 0.15) is 18.9 Å². The van der Waals surface area contributed by atoms with E-state index in [9.17, 15) is 27.9 Å². The third-order valence-corrected chi connectivity index (χ3v) is 7.95. The van der Waals surface area contributed by atoms with Gasteiger partial charge in [0.25, 0.3) is 0 Å². The molecule has 0 unspecified atom stereocenters. The number of ether oxygens (including phenoxy) is 2. The number of hydrazone groups is 1. The number of benzene rings is 1. The predicted octanol–water partition coefficient (Wildman–Crippen LogP) is -0.741. The third kappa shape index (κ3) is 2.82. The normalized spacial score (nSPS) is 28.9. The van der Waals surface area contributed by atoms with Gasteiger partial charge in [-0.2, -0.15) is 5.10 Å². The van der Waals surface area contributed by atoms with Crippen LogP contribution in [0.25, 0.3) is 0 Å². The van der Waals surface area contributed by atoms with Crippen LogP contribution in [0.15, 0.2) is 23.3 Å². The molecule has 11 nitrogen and oxygen atoms in total. The number of carbonyl (C=O) groups is 3. The summed E-state index contributed by atoms with van der Waals surface area (Å²) in [6.45, 7) is 1.29. The molecular weight excluding hydrogens is 406 g/mol. The van der Waals surface area contributed by atoms with Gasteiger partial charge in [-0.1, -0.05) is 6.07 Å². The van der Waals surface area contributed by atoms with Gasteiger partial charge in [-0.05, 0) is 24.6 Å². The van der Waals surface area contributed by atoms with Gasteiger partial charge in [0.15, 0.2) is 27.4 Å². The quantitative estimate of drug-likeness (QED) is 0.357. The minimum atomic E-state index is -4.03. The molecule has 1 aromatic rings. The highest BCUT2D eigenvalue weighted by molar-refractivity contribution is 7.94. The maximum Gasteiger partial charge on any atom is 0.328 e.